The van der Waals surface area contributed by atoms with Crippen molar-refractivity contribution in [3.8, 4) is 0 Å². The zero-order valence-electron chi connectivity index (χ0n) is 7.59. The maximum absolute atomic E-state index is 9.37. The molecule has 0 heterocycles. The second-order valence-electron chi connectivity index (χ2n) is 1.18. The fourth-order valence-corrected chi connectivity index (χ4v) is 0. The van der Waals surface area contributed by atoms with Gasteiger partial charge in [0.15, 0.2) is 0 Å². The SMILES string of the molecule is CC[S-](=O)=O.CC[S-](=O)=O.Cl.Cl.Cl.[Zr+2]. The van der Waals surface area contributed by atoms with E-state index in [9.17, 15) is 16.8 Å². The number of hydrogen-bond acceptors (Lipinski definition) is 6. The zero-order valence-corrected chi connectivity index (χ0v) is 14.1. The van der Waals surface area contributed by atoms with Gasteiger partial charge in [-0.15, -0.1) is 37.2 Å². The Hall–Kier alpha value is 1.65. The molecule has 0 rings (SSSR count). The Bertz CT molecular complexity index is 169. The first kappa shape index (κ1) is 36.1. The van der Waals surface area contributed by atoms with Crippen molar-refractivity contribution in [2.24, 2.45) is 0 Å². The first-order valence-electron chi connectivity index (χ1n) is 2.66. The first-order valence-corrected chi connectivity index (χ1v) is 5.15. The van der Waals surface area contributed by atoms with Crippen LogP contribution < -0.4 is 0 Å². The van der Waals surface area contributed by atoms with Gasteiger partial charge in [0.25, 0.3) is 0 Å². The average Bonchev–Trinajstić information content (AvgIpc) is 1.89. The van der Waals surface area contributed by atoms with Crippen LogP contribution in [-0.2, 0) is 64.4 Å². The van der Waals surface area contributed by atoms with Gasteiger partial charge in [-0.05, 0) is 0 Å². The fourth-order valence-electron chi connectivity index (χ4n) is 0. The molecule has 0 aromatic rings. The Morgan fingerprint density at radius 2 is 0.786 bits per heavy atom. The summed E-state index contributed by atoms with van der Waals surface area (Å²) in [5, 5.41) is 0. The Kier molecular flexibility index (Phi) is 75.5. The first-order chi connectivity index (χ1) is 4.54. The van der Waals surface area contributed by atoms with Crippen molar-refractivity contribution in [1.82, 2.24) is 0 Å². The van der Waals surface area contributed by atoms with Gasteiger partial charge in [-0.25, -0.2) is 0 Å². The van der Waals surface area contributed by atoms with Crippen molar-refractivity contribution in [2.45, 2.75) is 13.8 Å². The average molecular weight is 387 g/mol. The van der Waals surface area contributed by atoms with Gasteiger partial charge in [0.2, 0.25) is 0 Å². The maximum Gasteiger partial charge on any atom is 2.00 e. The van der Waals surface area contributed by atoms with Crippen LogP contribution in [0, 0.1) is 0 Å². The second-order valence-corrected chi connectivity index (χ2v) is 3.55. The molecule has 0 aliphatic carbocycles. The van der Waals surface area contributed by atoms with Crippen LogP contribution in [0.15, 0.2) is 0 Å². The molecule has 0 aliphatic rings. The summed E-state index contributed by atoms with van der Waals surface area (Å²) in [5.74, 6) is 0.444. The Morgan fingerprint density at radius 1 is 0.714 bits per heavy atom. The van der Waals surface area contributed by atoms with Crippen molar-refractivity contribution < 1.29 is 43.0 Å². The van der Waals surface area contributed by atoms with Crippen molar-refractivity contribution in [1.29, 1.82) is 0 Å². The van der Waals surface area contributed by atoms with Crippen molar-refractivity contribution in [3.05, 3.63) is 0 Å². The van der Waals surface area contributed by atoms with E-state index in [1.165, 1.54) is 0 Å². The van der Waals surface area contributed by atoms with Crippen LogP contribution in [-0.4, -0.2) is 11.5 Å². The molecule has 4 nitrogen and oxygen atoms in total. The van der Waals surface area contributed by atoms with Crippen LogP contribution in [0.1, 0.15) is 13.8 Å². The summed E-state index contributed by atoms with van der Waals surface area (Å²) in [5.41, 5.74) is 0. The smallest absolute Gasteiger partial charge is 0.424 e. The van der Waals surface area contributed by atoms with E-state index in [-0.39, 0.29) is 74.9 Å². The molecule has 0 saturated heterocycles. The van der Waals surface area contributed by atoms with E-state index in [4.69, 9.17) is 0 Å². The molecule has 10 heteroatoms. The minimum Gasteiger partial charge on any atom is -0.424 e. The number of hydrogen-bond donors (Lipinski definition) is 0. The standard InChI is InChI=1S/2C2H5O2S.3ClH.Zr/c2*1-2-5(3)4;;;;/h2*2H2,1H3;3*1H;/q2*-1;;;;+2. The molecule has 0 N–H and O–H groups in total. The molecule has 0 unspecified atom stereocenters. The maximum atomic E-state index is 9.37. The molecule has 0 radical (unpaired) electrons. The predicted molar refractivity (Wildman–Crippen MR) is 60.3 cm³/mol. The summed E-state index contributed by atoms with van der Waals surface area (Å²) in [6.45, 7) is 3.17. The molecule has 0 saturated carbocycles. The van der Waals surface area contributed by atoms with Crippen LogP contribution >= 0.6 is 37.2 Å². The normalized spacial score (nSPS) is 6.57. The molecule has 0 bridgehead atoms. The molecule has 90 valence electrons. The van der Waals surface area contributed by atoms with Gasteiger partial charge in [-0.3, -0.25) is 0 Å². The van der Waals surface area contributed by atoms with Crippen molar-refractivity contribution in [3.63, 3.8) is 0 Å². The van der Waals surface area contributed by atoms with Crippen molar-refractivity contribution in [2.75, 3.05) is 11.5 Å². The summed E-state index contributed by atoms with van der Waals surface area (Å²) in [7, 11) is -3.65. The van der Waals surface area contributed by atoms with E-state index in [2.05, 4.69) is 0 Å². The molecular weight excluding hydrogens is 374 g/mol. The molecular formula is C4H13Cl3O4S2Zr. The third-order valence-corrected chi connectivity index (χ3v) is 1.41. The second kappa shape index (κ2) is 29.3. The molecule has 0 atom stereocenters. The Morgan fingerprint density at radius 3 is 0.786 bits per heavy atom. The van der Waals surface area contributed by atoms with Gasteiger partial charge in [0, 0.05) is 0 Å². The third-order valence-electron chi connectivity index (χ3n) is 0.471. The van der Waals surface area contributed by atoms with Crippen LogP contribution in [0.3, 0.4) is 0 Å². The van der Waals surface area contributed by atoms with Crippen LogP contribution in [0.2, 0.25) is 0 Å². The molecule has 14 heavy (non-hydrogen) atoms. The summed E-state index contributed by atoms with van der Waals surface area (Å²) in [6, 6.07) is 0. The molecule has 0 amide bonds. The largest absolute Gasteiger partial charge is 2.00 e. The zero-order chi connectivity index (χ0) is 8.57. The summed E-state index contributed by atoms with van der Waals surface area (Å²) >= 11 is 0. The Labute approximate surface area is 126 Å². The van der Waals surface area contributed by atoms with Crippen LogP contribution in [0.25, 0.3) is 0 Å². The van der Waals surface area contributed by atoms with Gasteiger partial charge >= 0.3 is 26.2 Å². The van der Waals surface area contributed by atoms with E-state index in [1.807, 2.05) is 0 Å². The summed E-state index contributed by atoms with van der Waals surface area (Å²) < 4.78 is 37.5. The topological polar surface area (TPSA) is 68.3 Å². The van der Waals surface area contributed by atoms with Crippen LogP contribution in [0.4, 0.5) is 0 Å². The van der Waals surface area contributed by atoms with Crippen LogP contribution in [0.5, 0.6) is 0 Å². The van der Waals surface area contributed by atoms with Gasteiger partial charge < -0.3 is 16.8 Å². The third kappa shape index (κ3) is 68.4. The van der Waals surface area contributed by atoms with E-state index < -0.39 is 21.4 Å². The van der Waals surface area contributed by atoms with Gasteiger partial charge in [0.1, 0.15) is 0 Å². The Balaban J connectivity index is -0.0000000178. The van der Waals surface area contributed by atoms with Gasteiger partial charge in [-0.1, -0.05) is 46.8 Å². The molecule has 0 spiro atoms. The quantitative estimate of drug-likeness (QED) is 0.680. The van der Waals surface area contributed by atoms with E-state index in [1.54, 1.807) is 13.8 Å². The van der Waals surface area contributed by atoms with Gasteiger partial charge in [-0.2, -0.15) is 0 Å². The minimum atomic E-state index is -1.82. The fraction of sp³-hybridized carbons (Fsp3) is 1.00. The minimum absolute atomic E-state index is 0. The van der Waals surface area contributed by atoms with E-state index >= 15 is 0 Å². The molecule has 0 aliphatic heterocycles. The molecule has 0 aromatic carbocycles. The van der Waals surface area contributed by atoms with Gasteiger partial charge in [0.05, 0.1) is 0 Å². The molecule has 0 aromatic heterocycles. The monoisotopic (exact) mass is 384 g/mol. The number of rotatable bonds is 2. The molecule has 0 fully saturated rings. The van der Waals surface area contributed by atoms with E-state index in [0.29, 0.717) is 0 Å². The predicted octanol–water partition coefficient (Wildman–Crippen LogP) is 1.89. The summed E-state index contributed by atoms with van der Waals surface area (Å²) in [4.78, 5) is 0. The van der Waals surface area contributed by atoms with Crippen molar-refractivity contribution >= 4 is 58.6 Å². The summed E-state index contributed by atoms with van der Waals surface area (Å²) in [6.07, 6.45) is 0. The van der Waals surface area contributed by atoms with E-state index in [0.717, 1.165) is 0 Å². The number of halogens is 3.